The van der Waals surface area contributed by atoms with Gasteiger partial charge in [-0.1, -0.05) is 6.92 Å². The highest BCUT2D eigenvalue weighted by molar-refractivity contribution is 5.92. The van der Waals surface area contributed by atoms with Gasteiger partial charge in [0.1, 0.15) is 5.54 Å². The van der Waals surface area contributed by atoms with E-state index in [0.717, 1.165) is 6.42 Å². The fraction of sp³-hybridized carbons (Fsp3) is 0.818. The van der Waals surface area contributed by atoms with Crippen LogP contribution in [0.3, 0.4) is 0 Å². The summed E-state index contributed by atoms with van der Waals surface area (Å²) in [6.07, 6.45) is 1.32. The van der Waals surface area contributed by atoms with Crippen molar-refractivity contribution in [3.8, 4) is 0 Å². The van der Waals surface area contributed by atoms with Gasteiger partial charge in [0.25, 0.3) is 0 Å². The summed E-state index contributed by atoms with van der Waals surface area (Å²) in [5.74, 6) is -0.0261. The van der Waals surface area contributed by atoms with Crippen LogP contribution in [-0.2, 0) is 9.59 Å². The van der Waals surface area contributed by atoms with Crippen LogP contribution < -0.4 is 5.32 Å². The first-order valence-electron chi connectivity index (χ1n) is 5.50. The van der Waals surface area contributed by atoms with E-state index in [-0.39, 0.29) is 17.9 Å². The minimum atomic E-state index is -0.767. The molecule has 4 heteroatoms. The molecular formula is C11H20N2O2. The average molecular weight is 212 g/mol. The van der Waals surface area contributed by atoms with Crippen molar-refractivity contribution in [1.82, 2.24) is 10.2 Å². The zero-order valence-electron chi connectivity index (χ0n) is 9.96. The van der Waals surface area contributed by atoms with E-state index in [2.05, 4.69) is 5.32 Å². The first-order valence-corrected chi connectivity index (χ1v) is 5.50. The van der Waals surface area contributed by atoms with Crippen molar-refractivity contribution < 1.29 is 9.59 Å². The maximum absolute atomic E-state index is 12.1. The molecule has 0 bridgehead atoms. The molecule has 1 rings (SSSR count). The van der Waals surface area contributed by atoms with Crippen LogP contribution in [-0.4, -0.2) is 34.8 Å². The largest absolute Gasteiger partial charge is 0.342 e. The number of amides is 2. The lowest BCUT2D eigenvalue weighted by Crippen LogP contribution is -2.54. The van der Waals surface area contributed by atoms with Gasteiger partial charge in [-0.25, -0.2) is 0 Å². The van der Waals surface area contributed by atoms with Gasteiger partial charge in [-0.05, 0) is 27.2 Å². The smallest absolute Gasteiger partial charge is 0.247 e. The zero-order valence-corrected chi connectivity index (χ0v) is 9.96. The predicted octanol–water partition coefficient (Wildman–Crippen LogP) is 0.912. The van der Waals surface area contributed by atoms with Gasteiger partial charge in [-0.3, -0.25) is 9.59 Å². The van der Waals surface area contributed by atoms with Crippen LogP contribution in [0, 0.1) is 0 Å². The molecule has 1 unspecified atom stereocenters. The van der Waals surface area contributed by atoms with Gasteiger partial charge >= 0.3 is 0 Å². The number of carbonyl (C=O) groups is 2. The van der Waals surface area contributed by atoms with E-state index in [1.165, 1.54) is 0 Å². The third-order valence-electron chi connectivity index (χ3n) is 2.95. The molecule has 0 aliphatic carbocycles. The van der Waals surface area contributed by atoms with Crippen LogP contribution in [0.15, 0.2) is 0 Å². The Balaban J connectivity index is 2.90. The average Bonchev–Trinajstić information content (AvgIpc) is 2.24. The molecular weight excluding hydrogens is 192 g/mol. The number of rotatable bonds is 2. The quantitative estimate of drug-likeness (QED) is 0.739. The zero-order chi connectivity index (χ0) is 11.6. The fourth-order valence-corrected chi connectivity index (χ4v) is 1.79. The van der Waals surface area contributed by atoms with Crippen LogP contribution >= 0.6 is 0 Å². The molecule has 1 heterocycles. The third-order valence-corrected chi connectivity index (χ3v) is 2.95. The first kappa shape index (κ1) is 12.0. The van der Waals surface area contributed by atoms with Crippen molar-refractivity contribution >= 4 is 11.8 Å². The summed E-state index contributed by atoms with van der Waals surface area (Å²) in [4.78, 5) is 25.3. The van der Waals surface area contributed by atoms with Crippen LogP contribution in [0.2, 0.25) is 0 Å². The Kier molecular flexibility index (Phi) is 3.37. The highest BCUT2D eigenvalue weighted by Crippen LogP contribution is 2.16. The summed E-state index contributed by atoms with van der Waals surface area (Å²) in [5, 5.41) is 2.75. The van der Waals surface area contributed by atoms with E-state index in [0.29, 0.717) is 13.0 Å². The van der Waals surface area contributed by atoms with Crippen molar-refractivity contribution in [2.24, 2.45) is 0 Å². The van der Waals surface area contributed by atoms with Crippen LogP contribution in [0.5, 0.6) is 0 Å². The second-order valence-electron chi connectivity index (χ2n) is 4.68. The molecule has 1 atom stereocenters. The monoisotopic (exact) mass is 212 g/mol. The molecule has 4 nitrogen and oxygen atoms in total. The van der Waals surface area contributed by atoms with Gasteiger partial charge in [0, 0.05) is 19.0 Å². The van der Waals surface area contributed by atoms with E-state index in [1.54, 1.807) is 18.7 Å². The molecule has 1 fully saturated rings. The Morgan fingerprint density at radius 2 is 2.07 bits per heavy atom. The van der Waals surface area contributed by atoms with Gasteiger partial charge in [0.05, 0.1) is 0 Å². The molecule has 1 N–H and O–H groups in total. The molecule has 1 saturated heterocycles. The summed E-state index contributed by atoms with van der Waals surface area (Å²) >= 11 is 0. The molecule has 0 aromatic heterocycles. The molecule has 2 amide bonds. The van der Waals surface area contributed by atoms with Gasteiger partial charge in [-0.15, -0.1) is 0 Å². The van der Waals surface area contributed by atoms with Crippen molar-refractivity contribution in [2.75, 3.05) is 6.54 Å². The molecule has 1 aliphatic rings. The number of nitrogens with one attached hydrogen (secondary N) is 1. The highest BCUT2D eigenvalue weighted by atomic mass is 16.2. The maximum atomic E-state index is 12.1. The Morgan fingerprint density at radius 3 is 2.60 bits per heavy atom. The van der Waals surface area contributed by atoms with E-state index < -0.39 is 5.54 Å². The van der Waals surface area contributed by atoms with E-state index in [4.69, 9.17) is 0 Å². The van der Waals surface area contributed by atoms with Crippen molar-refractivity contribution in [3.63, 3.8) is 0 Å². The van der Waals surface area contributed by atoms with Crippen LogP contribution in [0.25, 0.3) is 0 Å². The van der Waals surface area contributed by atoms with E-state index in [1.807, 2.05) is 13.8 Å². The van der Waals surface area contributed by atoms with E-state index >= 15 is 0 Å². The molecule has 0 radical (unpaired) electrons. The molecule has 15 heavy (non-hydrogen) atoms. The number of nitrogens with zero attached hydrogens (tertiary/aromatic N) is 1. The first-order chi connectivity index (χ1) is 6.88. The van der Waals surface area contributed by atoms with Gasteiger partial charge in [0.15, 0.2) is 0 Å². The summed E-state index contributed by atoms with van der Waals surface area (Å²) in [7, 11) is 0. The van der Waals surface area contributed by atoms with Gasteiger partial charge in [0.2, 0.25) is 11.8 Å². The van der Waals surface area contributed by atoms with Crippen LogP contribution in [0.4, 0.5) is 0 Å². The Morgan fingerprint density at radius 1 is 1.47 bits per heavy atom. The second kappa shape index (κ2) is 4.21. The van der Waals surface area contributed by atoms with Gasteiger partial charge < -0.3 is 10.2 Å². The lowest BCUT2D eigenvalue weighted by molar-refractivity contribution is -0.139. The van der Waals surface area contributed by atoms with E-state index in [9.17, 15) is 9.59 Å². The van der Waals surface area contributed by atoms with Crippen LogP contribution in [0.1, 0.15) is 40.5 Å². The summed E-state index contributed by atoms with van der Waals surface area (Å²) in [5.41, 5.74) is -0.767. The molecule has 0 saturated carbocycles. The van der Waals surface area contributed by atoms with Crippen molar-refractivity contribution in [2.45, 2.75) is 52.1 Å². The minimum absolute atomic E-state index is 0.0164. The fourth-order valence-electron chi connectivity index (χ4n) is 1.79. The standard InChI is InChI=1S/C11H20N2O2/c1-5-8(2)13-7-6-9(14)12-11(3,4)10(13)15/h8H,5-7H2,1-4H3,(H,12,14). The minimum Gasteiger partial charge on any atom is -0.342 e. The summed E-state index contributed by atoms with van der Waals surface area (Å²) in [6, 6.07) is 0.199. The number of hydrogen-bond donors (Lipinski definition) is 1. The Hall–Kier alpha value is -1.06. The lowest BCUT2D eigenvalue weighted by atomic mass is 10.0. The Labute approximate surface area is 91.0 Å². The topological polar surface area (TPSA) is 49.4 Å². The highest BCUT2D eigenvalue weighted by Gasteiger charge is 2.37. The molecule has 86 valence electrons. The number of carbonyl (C=O) groups excluding carboxylic acids is 2. The number of hydrogen-bond acceptors (Lipinski definition) is 2. The second-order valence-corrected chi connectivity index (χ2v) is 4.68. The van der Waals surface area contributed by atoms with Crippen molar-refractivity contribution in [1.29, 1.82) is 0 Å². The van der Waals surface area contributed by atoms with Crippen molar-refractivity contribution in [3.05, 3.63) is 0 Å². The predicted molar refractivity (Wildman–Crippen MR) is 58.3 cm³/mol. The molecule has 0 aromatic carbocycles. The Bertz CT molecular complexity index is 274. The molecule has 0 spiro atoms. The normalized spacial score (nSPS) is 23.3. The molecule has 0 aromatic rings. The molecule has 1 aliphatic heterocycles. The van der Waals surface area contributed by atoms with Gasteiger partial charge in [-0.2, -0.15) is 0 Å². The lowest BCUT2D eigenvalue weighted by Gasteiger charge is -2.32. The maximum Gasteiger partial charge on any atom is 0.247 e. The summed E-state index contributed by atoms with van der Waals surface area (Å²) < 4.78 is 0. The summed E-state index contributed by atoms with van der Waals surface area (Å²) in [6.45, 7) is 8.11. The SMILES string of the molecule is CCC(C)N1CCC(=O)NC(C)(C)C1=O. The third kappa shape index (κ3) is 2.49.